The maximum atomic E-state index is 13.1. The molecule has 0 bridgehead atoms. The first-order chi connectivity index (χ1) is 12.3. The van der Waals surface area contributed by atoms with Crippen molar-refractivity contribution in [3.8, 4) is 11.5 Å². The first-order valence-corrected chi connectivity index (χ1v) is 8.64. The second kappa shape index (κ2) is 8.96. The van der Waals surface area contributed by atoms with E-state index in [1.54, 1.807) is 18.2 Å². The first-order valence-electron chi connectivity index (χ1n) is 8.64. The van der Waals surface area contributed by atoms with E-state index in [4.69, 9.17) is 9.47 Å². The summed E-state index contributed by atoms with van der Waals surface area (Å²) in [5.41, 5.74) is 0.913. The minimum Gasteiger partial charge on any atom is -0.493 e. The molecule has 4 nitrogen and oxygen atoms in total. The number of rotatable bonds is 6. The van der Waals surface area contributed by atoms with Crippen molar-refractivity contribution in [2.75, 3.05) is 13.7 Å². The minimum atomic E-state index is -4.30. The highest BCUT2D eigenvalue weighted by Crippen LogP contribution is 2.37. The number of carbonyl (C=O) groups is 1. The SMILES string of the molecule is CC=Cc1ccc(OCC(=O)NC2CCCCC2C(F)(F)F)c(OC)c1. The first kappa shape index (κ1) is 20.1. The normalized spacial score (nSPS) is 20.8. The van der Waals surface area contributed by atoms with E-state index in [9.17, 15) is 18.0 Å². The van der Waals surface area contributed by atoms with Gasteiger partial charge in [0.1, 0.15) is 0 Å². The van der Waals surface area contributed by atoms with Crippen molar-refractivity contribution in [1.82, 2.24) is 5.32 Å². The lowest BCUT2D eigenvalue weighted by Crippen LogP contribution is -2.48. The third-order valence-corrected chi connectivity index (χ3v) is 4.44. The molecule has 0 saturated heterocycles. The summed E-state index contributed by atoms with van der Waals surface area (Å²) in [7, 11) is 1.48. The van der Waals surface area contributed by atoms with Crippen LogP contribution in [0.3, 0.4) is 0 Å². The zero-order valence-corrected chi connectivity index (χ0v) is 14.9. The van der Waals surface area contributed by atoms with Crippen LogP contribution in [-0.4, -0.2) is 31.8 Å². The van der Waals surface area contributed by atoms with Gasteiger partial charge >= 0.3 is 6.18 Å². The summed E-state index contributed by atoms with van der Waals surface area (Å²) in [4.78, 5) is 12.1. The second-order valence-electron chi connectivity index (χ2n) is 6.31. The van der Waals surface area contributed by atoms with Crippen LogP contribution >= 0.6 is 0 Å². The number of allylic oxidation sites excluding steroid dienone is 1. The van der Waals surface area contributed by atoms with Crippen molar-refractivity contribution < 1.29 is 27.4 Å². The van der Waals surface area contributed by atoms with Gasteiger partial charge in [-0.2, -0.15) is 13.2 Å². The molecule has 1 aliphatic carbocycles. The maximum absolute atomic E-state index is 13.1. The van der Waals surface area contributed by atoms with Gasteiger partial charge in [0.15, 0.2) is 18.1 Å². The van der Waals surface area contributed by atoms with Crippen molar-refractivity contribution in [1.29, 1.82) is 0 Å². The lowest BCUT2D eigenvalue weighted by Gasteiger charge is -2.33. The number of amides is 1. The van der Waals surface area contributed by atoms with Gasteiger partial charge in [0, 0.05) is 6.04 Å². The van der Waals surface area contributed by atoms with Crippen LogP contribution in [0.25, 0.3) is 6.08 Å². The number of methoxy groups -OCH3 is 1. The smallest absolute Gasteiger partial charge is 0.393 e. The van der Waals surface area contributed by atoms with Gasteiger partial charge in [-0.1, -0.05) is 31.1 Å². The molecule has 1 saturated carbocycles. The number of carbonyl (C=O) groups excluding carboxylic acids is 1. The molecule has 1 aliphatic rings. The van der Waals surface area contributed by atoms with Crippen LogP contribution in [0.2, 0.25) is 0 Å². The van der Waals surface area contributed by atoms with E-state index in [2.05, 4.69) is 5.32 Å². The fourth-order valence-corrected chi connectivity index (χ4v) is 3.19. The monoisotopic (exact) mass is 371 g/mol. The van der Waals surface area contributed by atoms with Gasteiger partial charge in [0.25, 0.3) is 5.91 Å². The number of alkyl halides is 3. The molecular formula is C19H24F3NO3. The standard InChI is InChI=1S/C19H24F3NO3/c1-3-6-13-9-10-16(17(11-13)25-2)26-12-18(24)23-15-8-5-4-7-14(15)19(20,21)22/h3,6,9-11,14-15H,4-5,7-8,12H2,1-2H3,(H,23,24). The Morgan fingerprint density at radius 3 is 2.65 bits per heavy atom. The molecule has 1 N–H and O–H groups in total. The minimum absolute atomic E-state index is 0.0511. The summed E-state index contributed by atoms with van der Waals surface area (Å²) < 4.78 is 49.9. The molecule has 1 aromatic rings. The highest BCUT2D eigenvalue weighted by atomic mass is 19.4. The van der Waals surface area contributed by atoms with Crippen LogP contribution in [0, 0.1) is 5.92 Å². The molecule has 7 heteroatoms. The van der Waals surface area contributed by atoms with E-state index in [0.29, 0.717) is 30.8 Å². The Bertz CT molecular complexity index is 643. The van der Waals surface area contributed by atoms with Gasteiger partial charge < -0.3 is 14.8 Å². The Hall–Kier alpha value is -2.18. The third kappa shape index (κ3) is 5.41. The van der Waals surface area contributed by atoms with Crippen LogP contribution in [0.4, 0.5) is 13.2 Å². The molecule has 26 heavy (non-hydrogen) atoms. The number of benzene rings is 1. The van der Waals surface area contributed by atoms with Gasteiger partial charge in [-0.05, 0) is 37.5 Å². The van der Waals surface area contributed by atoms with Gasteiger partial charge in [-0.3, -0.25) is 4.79 Å². The number of hydrogen-bond acceptors (Lipinski definition) is 3. The molecule has 0 aromatic heterocycles. The number of halogens is 3. The largest absolute Gasteiger partial charge is 0.493 e. The summed E-state index contributed by atoms with van der Waals surface area (Å²) in [6, 6.07) is 4.34. The number of ether oxygens (including phenoxy) is 2. The molecule has 1 aromatic carbocycles. The van der Waals surface area contributed by atoms with Gasteiger partial charge in [-0.25, -0.2) is 0 Å². The van der Waals surface area contributed by atoms with E-state index >= 15 is 0 Å². The van der Waals surface area contributed by atoms with Crippen LogP contribution in [0.1, 0.15) is 38.2 Å². The molecule has 1 amide bonds. The highest BCUT2D eigenvalue weighted by Gasteiger charge is 2.45. The van der Waals surface area contributed by atoms with Crippen LogP contribution in [-0.2, 0) is 4.79 Å². The van der Waals surface area contributed by atoms with Crippen molar-refractivity contribution in [2.45, 2.75) is 44.8 Å². The summed E-state index contributed by atoms with van der Waals surface area (Å²) >= 11 is 0. The van der Waals surface area contributed by atoms with Crippen LogP contribution < -0.4 is 14.8 Å². The average molecular weight is 371 g/mol. The molecule has 0 heterocycles. The predicted octanol–water partition coefficient (Wildman–Crippen LogP) is 4.34. The van der Waals surface area contributed by atoms with Crippen molar-refractivity contribution in [3.05, 3.63) is 29.8 Å². The van der Waals surface area contributed by atoms with Gasteiger partial charge in [0.05, 0.1) is 13.0 Å². The molecule has 2 atom stereocenters. The quantitative estimate of drug-likeness (QED) is 0.809. The Balaban J connectivity index is 1.96. The Morgan fingerprint density at radius 1 is 1.27 bits per heavy atom. The summed E-state index contributed by atoms with van der Waals surface area (Å²) in [6.45, 7) is 1.53. The molecule has 0 spiro atoms. The van der Waals surface area contributed by atoms with Crippen molar-refractivity contribution in [2.24, 2.45) is 5.92 Å². The third-order valence-electron chi connectivity index (χ3n) is 4.44. The van der Waals surface area contributed by atoms with E-state index in [-0.39, 0.29) is 13.0 Å². The lowest BCUT2D eigenvalue weighted by molar-refractivity contribution is -0.189. The molecule has 1 fully saturated rings. The molecule has 2 rings (SSSR count). The number of nitrogens with one attached hydrogen (secondary N) is 1. The van der Waals surface area contributed by atoms with Gasteiger partial charge in [-0.15, -0.1) is 0 Å². The van der Waals surface area contributed by atoms with E-state index in [0.717, 1.165) is 5.56 Å². The zero-order valence-electron chi connectivity index (χ0n) is 14.9. The number of hydrogen-bond donors (Lipinski definition) is 1. The highest BCUT2D eigenvalue weighted by molar-refractivity contribution is 5.78. The van der Waals surface area contributed by atoms with E-state index < -0.39 is 24.0 Å². The molecular weight excluding hydrogens is 347 g/mol. The van der Waals surface area contributed by atoms with Crippen molar-refractivity contribution >= 4 is 12.0 Å². The Kier molecular flexibility index (Phi) is 6.94. The fourth-order valence-electron chi connectivity index (χ4n) is 3.19. The Labute approximate surface area is 151 Å². The summed E-state index contributed by atoms with van der Waals surface area (Å²) in [5.74, 6) is -1.23. The summed E-state index contributed by atoms with van der Waals surface area (Å²) in [6.07, 6.45) is 1.06. The van der Waals surface area contributed by atoms with Crippen LogP contribution in [0.5, 0.6) is 11.5 Å². The Morgan fingerprint density at radius 2 is 2.00 bits per heavy atom. The zero-order chi connectivity index (χ0) is 19.2. The molecule has 0 radical (unpaired) electrons. The predicted molar refractivity (Wildman–Crippen MR) is 93.1 cm³/mol. The van der Waals surface area contributed by atoms with Crippen LogP contribution in [0.15, 0.2) is 24.3 Å². The lowest BCUT2D eigenvalue weighted by atomic mass is 9.84. The van der Waals surface area contributed by atoms with E-state index in [1.807, 2.05) is 19.1 Å². The van der Waals surface area contributed by atoms with Crippen molar-refractivity contribution in [3.63, 3.8) is 0 Å². The van der Waals surface area contributed by atoms with Gasteiger partial charge in [0.2, 0.25) is 0 Å². The van der Waals surface area contributed by atoms with E-state index in [1.165, 1.54) is 7.11 Å². The molecule has 0 aliphatic heterocycles. The second-order valence-corrected chi connectivity index (χ2v) is 6.31. The molecule has 144 valence electrons. The maximum Gasteiger partial charge on any atom is 0.393 e. The molecule has 2 unspecified atom stereocenters. The fraction of sp³-hybridized carbons (Fsp3) is 0.526. The topological polar surface area (TPSA) is 47.6 Å². The average Bonchev–Trinajstić information content (AvgIpc) is 2.60. The summed E-state index contributed by atoms with van der Waals surface area (Å²) in [5, 5.41) is 2.48.